The first-order valence-corrected chi connectivity index (χ1v) is 9.43. The number of rotatable bonds is 5. The van der Waals surface area contributed by atoms with Gasteiger partial charge in [0.15, 0.2) is 0 Å². The van der Waals surface area contributed by atoms with Gasteiger partial charge in [0.1, 0.15) is 9.71 Å². The van der Waals surface area contributed by atoms with Crippen molar-refractivity contribution in [3.05, 3.63) is 94.1 Å². The molecule has 0 spiro atoms. The molecule has 138 valence electrons. The topological polar surface area (TPSA) is 77.1 Å². The molecule has 1 amide bonds. The predicted octanol–water partition coefficient (Wildman–Crippen LogP) is 4.54. The molecule has 2 heterocycles. The minimum absolute atomic E-state index is 0.178. The molecule has 4 aromatic rings. The van der Waals surface area contributed by atoms with Crippen LogP contribution in [0.5, 0.6) is 0 Å². The van der Waals surface area contributed by atoms with Gasteiger partial charge in [-0.25, -0.2) is 0 Å². The zero-order valence-electron chi connectivity index (χ0n) is 14.9. The van der Waals surface area contributed by atoms with Crippen molar-refractivity contribution < 1.29 is 4.79 Å². The standard InChI is InChI=1S/C22H17N3O2S/c1-2-14-8-10-16(11-9-14)25-18(26)13-12-17-19(20(21(23)27)28-22(17)25)24-15-6-4-3-5-7-15/h2-13,24H,1H2,(H2,23,27). The number of nitrogens with zero attached hydrogens (tertiary/aromatic N) is 1. The van der Waals surface area contributed by atoms with E-state index in [0.717, 1.165) is 16.6 Å². The molecule has 0 aliphatic rings. The Hall–Kier alpha value is -3.64. The Balaban J connectivity index is 1.96. The third-order valence-electron chi connectivity index (χ3n) is 4.40. The van der Waals surface area contributed by atoms with Gasteiger partial charge in [-0.15, -0.1) is 11.3 Å². The monoisotopic (exact) mass is 387 g/mol. The molecule has 0 saturated carbocycles. The highest BCUT2D eigenvalue weighted by Crippen LogP contribution is 2.37. The molecule has 3 N–H and O–H groups in total. The van der Waals surface area contributed by atoms with Crippen LogP contribution in [0, 0.1) is 0 Å². The van der Waals surface area contributed by atoms with Gasteiger partial charge >= 0.3 is 0 Å². The summed E-state index contributed by atoms with van der Waals surface area (Å²) in [7, 11) is 0. The smallest absolute Gasteiger partial charge is 0.261 e. The van der Waals surface area contributed by atoms with Crippen molar-refractivity contribution in [2.45, 2.75) is 0 Å². The van der Waals surface area contributed by atoms with Gasteiger partial charge < -0.3 is 11.1 Å². The number of hydrogen-bond acceptors (Lipinski definition) is 4. The Morgan fingerprint density at radius 3 is 2.39 bits per heavy atom. The number of pyridine rings is 1. The minimum Gasteiger partial charge on any atom is -0.365 e. The number of anilines is 2. The fourth-order valence-corrected chi connectivity index (χ4v) is 4.17. The zero-order chi connectivity index (χ0) is 19.7. The van der Waals surface area contributed by atoms with Crippen LogP contribution in [0.2, 0.25) is 0 Å². The number of primary amides is 1. The lowest BCUT2D eigenvalue weighted by Crippen LogP contribution is -2.16. The number of carbonyl (C=O) groups is 1. The van der Waals surface area contributed by atoms with Crippen LogP contribution in [0.25, 0.3) is 22.0 Å². The number of carbonyl (C=O) groups excluding carboxylic acids is 1. The number of hydrogen-bond donors (Lipinski definition) is 2. The fourth-order valence-electron chi connectivity index (χ4n) is 3.05. The van der Waals surface area contributed by atoms with Crippen molar-refractivity contribution in [3.63, 3.8) is 0 Å². The summed E-state index contributed by atoms with van der Waals surface area (Å²) < 4.78 is 1.59. The summed E-state index contributed by atoms with van der Waals surface area (Å²) in [4.78, 5) is 25.8. The molecule has 6 heteroatoms. The molecule has 4 rings (SSSR count). The van der Waals surface area contributed by atoms with E-state index >= 15 is 0 Å². The Labute approximate surface area is 165 Å². The molecule has 0 radical (unpaired) electrons. The van der Waals surface area contributed by atoms with Crippen molar-refractivity contribution in [1.29, 1.82) is 0 Å². The molecular formula is C22H17N3O2S. The normalized spacial score (nSPS) is 10.7. The first-order chi connectivity index (χ1) is 13.6. The van der Waals surface area contributed by atoms with Crippen molar-refractivity contribution in [1.82, 2.24) is 4.57 Å². The highest BCUT2D eigenvalue weighted by atomic mass is 32.1. The van der Waals surface area contributed by atoms with E-state index in [1.54, 1.807) is 16.7 Å². The summed E-state index contributed by atoms with van der Waals surface area (Å²) in [5.74, 6) is -0.541. The second-order valence-electron chi connectivity index (χ2n) is 6.18. The van der Waals surface area contributed by atoms with Crippen LogP contribution >= 0.6 is 11.3 Å². The number of aromatic nitrogens is 1. The Bertz CT molecular complexity index is 1240. The van der Waals surface area contributed by atoms with Crippen LogP contribution in [-0.4, -0.2) is 10.5 Å². The molecule has 0 bridgehead atoms. The molecule has 0 atom stereocenters. The summed E-state index contributed by atoms with van der Waals surface area (Å²) in [5.41, 5.74) is 8.56. The Morgan fingerprint density at radius 2 is 1.75 bits per heavy atom. The predicted molar refractivity (Wildman–Crippen MR) is 116 cm³/mol. The fraction of sp³-hybridized carbons (Fsp3) is 0. The third kappa shape index (κ3) is 3.10. The average Bonchev–Trinajstić information content (AvgIpc) is 3.07. The lowest BCUT2D eigenvalue weighted by Gasteiger charge is -2.09. The lowest BCUT2D eigenvalue weighted by molar-refractivity contribution is 0.100. The van der Waals surface area contributed by atoms with E-state index in [-0.39, 0.29) is 5.56 Å². The van der Waals surface area contributed by atoms with Crippen LogP contribution in [0.3, 0.4) is 0 Å². The molecule has 0 unspecified atom stereocenters. The van der Waals surface area contributed by atoms with Crippen LogP contribution in [0.1, 0.15) is 15.2 Å². The number of fused-ring (bicyclic) bond motifs is 1. The molecule has 0 aliphatic heterocycles. The first-order valence-electron chi connectivity index (χ1n) is 8.62. The van der Waals surface area contributed by atoms with Crippen molar-refractivity contribution in [2.75, 3.05) is 5.32 Å². The second-order valence-corrected chi connectivity index (χ2v) is 7.18. The van der Waals surface area contributed by atoms with Crippen molar-refractivity contribution in [2.24, 2.45) is 5.73 Å². The first kappa shape index (κ1) is 17.8. The summed E-state index contributed by atoms with van der Waals surface area (Å²) in [5, 5.41) is 4.03. The Morgan fingerprint density at radius 1 is 1.04 bits per heavy atom. The van der Waals surface area contributed by atoms with Gasteiger partial charge in [0, 0.05) is 17.1 Å². The average molecular weight is 387 g/mol. The van der Waals surface area contributed by atoms with Crippen LogP contribution in [0.4, 0.5) is 11.4 Å². The maximum Gasteiger partial charge on any atom is 0.261 e. The van der Waals surface area contributed by atoms with E-state index in [0.29, 0.717) is 21.1 Å². The molecule has 0 aliphatic carbocycles. The minimum atomic E-state index is -0.541. The molecule has 2 aromatic carbocycles. The number of nitrogens with one attached hydrogen (secondary N) is 1. The number of thiophene rings is 1. The van der Waals surface area contributed by atoms with Gasteiger partial charge in [-0.2, -0.15) is 0 Å². The molecular weight excluding hydrogens is 370 g/mol. The highest BCUT2D eigenvalue weighted by molar-refractivity contribution is 7.21. The lowest BCUT2D eigenvalue weighted by atomic mass is 10.2. The van der Waals surface area contributed by atoms with Gasteiger partial charge in [-0.1, -0.05) is 43.0 Å². The summed E-state index contributed by atoms with van der Waals surface area (Å²) in [6, 6.07) is 20.2. The second kappa shape index (κ2) is 7.17. The van der Waals surface area contributed by atoms with E-state index in [1.165, 1.54) is 17.4 Å². The summed E-state index contributed by atoms with van der Waals surface area (Å²) >= 11 is 1.20. The van der Waals surface area contributed by atoms with Crippen molar-refractivity contribution >= 4 is 44.9 Å². The molecule has 0 fully saturated rings. The molecule has 0 saturated heterocycles. The quantitative estimate of drug-likeness (QED) is 0.528. The maximum atomic E-state index is 12.6. The molecule has 2 aromatic heterocycles. The van der Waals surface area contributed by atoms with E-state index in [1.807, 2.05) is 54.6 Å². The SMILES string of the molecule is C=Cc1ccc(-n2c(=O)ccc3c(Nc4ccccc4)c(C(N)=O)sc32)cc1. The number of nitrogens with two attached hydrogens (primary N) is 1. The van der Waals surface area contributed by atoms with Gasteiger partial charge in [-0.3, -0.25) is 14.2 Å². The molecule has 28 heavy (non-hydrogen) atoms. The van der Waals surface area contributed by atoms with E-state index in [9.17, 15) is 9.59 Å². The largest absolute Gasteiger partial charge is 0.365 e. The molecule has 5 nitrogen and oxygen atoms in total. The van der Waals surface area contributed by atoms with E-state index in [4.69, 9.17) is 5.73 Å². The van der Waals surface area contributed by atoms with Crippen LogP contribution < -0.4 is 16.6 Å². The van der Waals surface area contributed by atoms with E-state index < -0.39 is 5.91 Å². The van der Waals surface area contributed by atoms with Crippen LogP contribution in [0.15, 0.2) is 78.1 Å². The third-order valence-corrected chi connectivity index (χ3v) is 5.60. The van der Waals surface area contributed by atoms with Gasteiger partial charge in [0.25, 0.3) is 11.5 Å². The highest BCUT2D eigenvalue weighted by Gasteiger charge is 2.20. The van der Waals surface area contributed by atoms with Crippen molar-refractivity contribution in [3.8, 4) is 5.69 Å². The summed E-state index contributed by atoms with van der Waals surface area (Å²) in [6.45, 7) is 3.75. The van der Waals surface area contributed by atoms with Crippen LogP contribution in [-0.2, 0) is 0 Å². The maximum absolute atomic E-state index is 12.6. The number of benzene rings is 2. The number of amides is 1. The van der Waals surface area contributed by atoms with Gasteiger partial charge in [-0.05, 0) is 35.9 Å². The van der Waals surface area contributed by atoms with E-state index in [2.05, 4.69) is 11.9 Å². The Kier molecular flexibility index (Phi) is 4.55. The number of para-hydroxylation sites is 1. The summed E-state index contributed by atoms with van der Waals surface area (Å²) in [6.07, 6.45) is 1.74. The zero-order valence-corrected chi connectivity index (χ0v) is 15.7. The van der Waals surface area contributed by atoms with Gasteiger partial charge in [0.05, 0.1) is 11.4 Å². The van der Waals surface area contributed by atoms with Gasteiger partial charge in [0.2, 0.25) is 0 Å².